The van der Waals surface area contributed by atoms with Crippen molar-refractivity contribution in [3.8, 4) is 0 Å². The zero-order valence-corrected chi connectivity index (χ0v) is 13.4. The second-order valence-corrected chi connectivity index (χ2v) is 6.06. The van der Waals surface area contributed by atoms with Gasteiger partial charge in [-0.1, -0.05) is 25.1 Å². The molecule has 2 aromatic heterocycles. The van der Waals surface area contributed by atoms with Gasteiger partial charge in [0, 0.05) is 41.0 Å². The highest BCUT2D eigenvalue weighted by atomic mass is 16.1. The molecule has 1 aliphatic carbocycles. The normalized spacial score (nSPS) is 16.3. The van der Waals surface area contributed by atoms with Gasteiger partial charge in [0.15, 0.2) is 5.78 Å². The number of allylic oxidation sites excluding steroid dienone is 1. The number of para-hydroxylation sites is 1. The van der Waals surface area contributed by atoms with Crippen LogP contribution in [-0.4, -0.2) is 20.5 Å². The van der Waals surface area contributed by atoms with Gasteiger partial charge < -0.3 is 4.98 Å². The molecule has 116 valence electrons. The average molecular weight is 305 g/mol. The predicted octanol–water partition coefficient (Wildman–Crippen LogP) is 3.68. The lowest BCUT2D eigenvalue weighted by Gasteiger charge is -2.14. The van der Waals surface area contributed by atoms with Gasteiger partial charge in [-0.25, -0.2) is 0 Å². The van der Waals surface area contributed by atoms with Gasteiger partial charge in [-0.05, 0) is 30.9 Å². The first kappa shape index (κ1) is 14.0. The van der Waals surface area contributed by atoms with Crippen LogP contribution < -0.4 is 0 Å². The maximum Gasteiger partial charge on any atom is 0.192 e. The Morgan fingerprint density at radius 1 is 1.35 bits per heavy atom. The Kier molecular flexibility index (Phi) is 3.18. The first-order chi connectivity index (χ1) is 11.2. The van der Waals surface area contributed by atoms with Gasteiger partial charge in [-0.15, -0.1) is 0 Å². The third-order valence-corrected chi connectivity index (χ3v) is 4.77. The smallest absolute Gasteiger partial charge is 0.192 e. The second-order valence-electron chi connectivity index (χ2n) is 6.06. The molecule has 0 amide bonds. The molecule has 23 heavy (non-hydrogen) atoms. The molecule has 0 aliphatic heterocycles. The van der Waals surface area contributed by atoms with E-state index in [-0.39, 0.29) is 5.78 Å². The summed E-state index contributed by atoms with van der Waals surface area (Å²) in [6.07, 6.45) is 8.36. The van der Waals surface area contributed by atoms with E-state index in [1.54, 1.807) is 6.20 Å². The van der Waals surface area contributed by atoms with E-state index >= 15 is 0 Å². The summed E-state index contributed by atoms with van der Waals surface area (Å²) in [7, 11) is 1.90. The Bertz CT molecular complexity index is 943. The fraction of sp³-hybridized carbons (Fsp3) is 0.263. The van der Waals surface area contributed by atoms with Gasteiger partial charge in [0.1, 0.15) is 0 Å². The van der Waals surface area contributed by atoms with Crippen molar-refractivity contribution in [2.75, 3.05) is 0 Å². The number of hydrogen-bond acceptors (Lipinski definition) is 2. The maximum atomic E-state index is 12.7. The van der Waals surface area contributed by atoms with Crippen molar-refractivity contribution in [3.63, 3.8) is 0 Å². The van der Waals surface area contributed by atoms with Gasteiger partial charge in [-0.3, -0.25) is 9.48 Å². The minimum absolute atomic E-state index is 0.111. The van der Waals surface area contributed by atoms with E-state index in [1.807, 2.05) is 24.0 Å². The molecule has 4 nitrogen and oxygen atoms in total. The Balaban J connectivity index is 1.78. The molecule has 1 aliphatic rings. The number of fused-ring (bicyclic) bond motifs is 2. The molecule has 2 heterocycles. The Morgan fingerprint density at radius 3 is 3.04 bits per heavy atom. The third kappa shape index (κ3) is 2.13. The minimum Gasteiger partial charge on any atom is -0.360 e. The second kappa shape index (κ2) is 5.23. The topological polar surface area (TPSA) is 50.7 Å². The molecule has 0 unspecified atom stereocenters. The predicted molar refractivity (Wildman–Crippen MR) is 91.5 cm³/mol. The van der Waals surface area contributed by atoms with Gasteiger partial charge >= 0.3 is 0 Å². The number of benzene rings is 1. The molecule has 1 aromatic carbocycles. The summed E-state index contributed by atoms with van der Waals surface area (Å²) in [5.74, 6) is 0.111. The number of nitrogens with zero attached hydrogens (tertiary/aromatic N) is 2. The summed E-state index contributed by atoms with van der Waals surface area (Å²) in [6.45, 7) is 2.16. The molecule has 0 atom stereocenters. The lowest BCUT2D eigenvalue weighted by molar-refractivity contribution is 0.102. The minimum atomic E-state index is 0.111. The van der Waals surface area contributed by atoms with Crippen LogP contribution in [0.15, 0.2) is 36.2 Å². The van der Waals surface area contributed by atoms with Crippen LogP contribution >= 0.6 is 0 Å². The SMILES string of the molecule is CCc1cccc2c(/C=C3/CCc4c(cnn4C)C3=O)c[nH]c12. The van der Waals surface area contributed by atoms with Crippen molar-refractivity contribution in [3.05, 3.63) is 58.6 Å². The molecular formula is C19H19N3O. The summed E-state index contributed by atoms with van der Waals surface area (Å²) in [5, 5.41) is 5.40. The molecule has 0 saturated heterocycles. The highest BCUT2D eigenvalue weighted by Crippen LogP contribution is 2.29. The van der Waals surface area contributed by atoms with Crippen molar-refractivity contribution < 1.29 is 4.79 Å². The number of hydrogen-bond donors (Lipinski definition) is 1. The summed E-state index contributed by atoms with van der Waals surface area (Å²) in [6, 6.07) is 6.34. The lowest BCUT2D eigenvalue weighted by Crippen LogP contribution is -2.14. The van der Waals surface area contributed by atoms with E-state index in [9.17, 15) is 4.79 Å². The first-order valence-corrected chi connectivity index (χ1v) is 8.04. The molecule has 4 heteroatoms. The number of Topliss-reactive ketones (excluding diaryl/α,β-unsaturated/α-hetero) is 1. The van der Waals surface area contributed by atoms with Crippen LogP contribution in [0.1, 0.15) is 40.5 Å². The number of carbonyl (C=O) groups is 1. The summed E-state index contributed by atoms with van der Waals surface area (Å²) >= 11 is 0. The fourth-order valence-corrected chi connectivity index (χ4v) is 3.47. The zero-order valence-electron chi connectivity index (χ0n) is 13.4. The van der Waals surface area contributed by atoms with E-state index < -0.39 is 0 Å². The Labute approximate surface area is 134 Å². The number of nitrogens with one attached hydrogen (secondary N) is 1. The maximum absolute atomic E-state index is 12.7. The molecule has 1 N–H and O–H groups in total. The van der Waals surface area contributed by atoms with Crippen molar-refractivity contribution in [2.24, 2.45) is 7.05 Å². The number of aryl methyl sites for hydroxylation is 2. The summed E-state index contributed by atoms with van der Waals surface area (Å²) < 4.78 is 1.81. The van der Waals surface area contributed by atoms with Crippen LogP contribution in [-0.2, 0) is 19.9 Å². The van der Waals surface area contributed by atoms with E-state index in [0.29, 0.717) is 0 Å². The monoisotopic (exact) mass is 305 g/mol. The molecule has 0 radical (unpaired) electrons. The van der Waals surface area contributed by atoms with Crippen molar-refractivity contribution >= 4 is 22.8 Å². The number of rotatable bonds is 2. The number of carbonyl (C=O) groups excluding carboxylic acids is 1. The summed E-state index contributed by atoms with van der Waals surface area (Å²) in [4.78, 5) is 16.0. The van der Waals surface area contributed by atoms with E-state index in [1.165, 1.54) is 16.5 Å². The molecule has 4 rings (SSSR count). The van der Waals surface area contributed by atoms with E-state index in [4.69, 9.17) is 0 Å². The highest BCUT2D eigenvalue weighted by Gasteiger charge is 2.25. The van der Waals surface area contributed by atoms with Crippen LogP contribution in [0.25, 0.3) is 17.0 Å². The van der Waals surface area contributed by atoms with Crippen LogP contribution in [0, 0.1) is 0 Å². The molecule has 0 fully saturated rings. The molecule has 0 bridgehead atoms. The number of ketones is 1. The Morgan fingerprint density at radius 2 is 2.22 bits per heavy atom. The summed E-state index contributed by atoms with van der Waals surface area (Å²) in [5.41, 5.74) is 6.22. The lowest BCUT2D eigenvalue weighted by atomic mass is 9.90. The molecule has 3 aromatic rings. The number of H-pyrrole nitrogens is 1. The fourth-order valence-electron chi connectivity index (χ4n) is 3.47. The van der Waals surface area contributed by atoms with Crippen LogP contribution in [0.2, 0.25) is 0 Å². The zero-order chi connectivity index (χ0) is 16.0. The van der Waals surface area contributed by atoms with Crippen molar-refractivity contribution in [1.82, 2.24) is 14.8 Å². The van der Waals surface area contributed by atoms with Gasteiger partial charge in [-0.2, -0.15) is 5.10 Å². The largest absolute Gasteiger partial charge is 0.360 e. The van der Waals surface area contributed by atoms with Crippen LogP contribution in [0.5, 0.6) is 0 Å². The standard InChI is InChI=1S/C19H19N3O/c1-3-12-5-4-6-15-14(10-20-18(12)15)9-13-7-8-17-16(19(13)23)11-21-22(17)2/h4-6,9-11,20H,3,7-8H2,1-2H3/b13-9-. The van der Waals surface area contributed by atoms with Crippen LogP contribution in [0.4, 0.5) is 0 Å². The first-order valence-electron chi connectivity index (χ1n) is 8.04. The van der Waals surface area contributed by atoms with Gasteiger partial charge in [0.2, 0.25) is 0 Å². The highest BCUT2D eigenvalue weighted by molar-refractivity contribution is 6.13. The number of aromatic amines is 1. The van der Waals surface area contributed by atoms with Gasteiger partial charge in [0.05, 0.1) is 11.8 Å². The third-order valence-electron chi connectivity index (χ3n) is 4.77. The molecule has 0 spiro atoms. The van der Waals surface area contributed by atoms with E-state index in [2.05, 4.69) is 35.2 Å². The van der Waals surface area contributed by atoms with E-state index in [0.717, 1.165) is 41.7 Å². The van der Waals surface area contributed by atoms with Crippen molar-refractivity contribution in [2.45, 2.75) is 26.2 Å². The van der Waals surface area contributed by atoms with Crippen molar-refractivity contribution in [1.29, 1.82) is 0 Å². The van der Waals surface area contributed by atoms with Crippen LogP contribution in [0.3, 0.4) is 0 Å². The number of aromatic nitrogens is 3. The quantitative estimate of drug-likeness (QED) is 0.734. The molecule has 0 saturated carbocycles. The Hall–Kier alpha value is -2.62. The van der Waals surface area contributed by atoms with Gasteiger partial charge in [0.25, 0.3) is 0 Å². The average Bonchev–Trinajstić information content (AvgIpc) is 3.14. The molecular weight excluding hydrogens is 286 g/mol.